The van der Waals surface area contributed by atoms with Crippen LogP contribution in [0.1, 0.15) is 37.4 Å². The first-order valence-electron chi connectivity index (χ1n) is 10.3. The minimum Gasteiger partial charge on any atom is -0.493 e. The summed E-state index contributed by atoms with van der Waals surface area (Å²) >= 11 is 0. The first-order chi connectivity index (χ1) is 14.8. The second kappa shape index (κ2) is 9.68. The Balaban J connectivity index is 1.91. The van der Waals surface area contributed by atoms with Gasteiger partial charge < -0.3 is 19.1 Å². The molecule has 1 aliphatic heterocycles. The van der Waals surface area contributed by atoms with Gasteiger partial charge in [0, 0.05) is 25.1 Å². The molecule has 0 saturated carbocycles. The zero-order valence-corrected chi connectivity index (χ0v) is 18.3. The SMILES string of the molecule is COc1cc2c(cc1OC)[C@H](COc1ccc([N+](=O)[O-])cc1)N(C(=O)CC(C)C)CC2. The number of ether oxygens (including phenoxy) is 3. The lowest BCUT2D eigenvalue weighted by molar-refractivity contribution is -0.384. The van der Waals surface area contributed by atoms with Crippen LogP contribution < -0.4 is 14.2 Å². The fraction of sp³-hybridized carbons (Fsp3) is 0.435. The van der Waals surface area contributed by atoms with Crippen LogP contribution in [0.4, 0.5) is 5.69 Å². The number of amides is 1. The van der Waals surface area contributed by atoms with E-state index >= 15 is 0 Å². The summed E-state index contributed by atoms with van der Waals surface area (Å²) in [5.74, 6) is 2.08. The van der Waals surface area contributed by atoms with E-state index in [1.165, 1.54) is 12.1 Å². The molecule has 3 rings (SSSR count). The predicted octanol–water partition coefficient (Wildman–Crippen LogP) is 4.16. The molecule has 8 nitrogen and oxygen atoms in total. The highest BCUT2D eigenvalue weighted by molar-refractivity contribution is 5.77. The van der Waals surface area contributed by atoms with Gasteiger partial charge in [0.15, 0.2) is 11.5 Å². The quantitative estimate of drug-likeness (QED) is 0.463. The van der Waals surface area contributed by atoms with Gasteiger partial charge in [0.05, 0.1) is 25.2 Å². The minimum atomic E-state index is -0.451. The highest BCUT2D eigenvalue weighted by Gasteiger charge is 2.33. The second-order valence-electron chi connectivity index (χ2n) is 7.92. The fourth-order valence-electron chi connectivity index (χ4n) is 3.81. The molecule has 31 heavy (non-hydrogen) atoms. The van der Waals surface area contributed by atoms with E-state index in [0.717, 1.165) is 11.1 Å². The second-order valence-corrected chi connectivity index (χ2v) is 7.92. The Morgan fingerprint density at radius 2 is 1.81 bits per heavy atom. The summed E-state index contributed by atoms with van der Waals surface area (Å²) in [6.07, 6.45) is 1.17. The third-order valence-electron chi connectivity index (χ3n) is 5.36. The molecule has 2 aromatic rings. The molecule has 0 radical (unpaired) electrons. The van der Waals surface area contributed by atoms with Crippen LogP contribution >= 0.6 is 0 Å². The summed E-state index contributed by atoms with van der Waals surface area (Å²) in [5.41, 5.74) is 2.05. The largest absolute Gasteiger partial charge is 0.493 e. The molecule has 0 bridgehead atoms. The van der Waals surface area contributed by atoms with E-state index in [4.69, 9.17) is 14.2 Å². The van der Waals surface area contributed by atoms with Gasteiger partial charge in [0.2, 0.25) is 5.91 Å². The van der Waals surface area contributed by atoms with Crippen molar-refractivity contribution in [1.29, 1.82) is 0 Å². The van der Waals surface area contributed by atoms with E-state index in [2.05, 4.69) is 0 Å². The first-order valence-corrected chi connectivity index (χ1v) is 10.3. The summed E-state index contributed by atoms with van der Waals surface area (Å²) < 4.78 is 16.9. The van der Waals surface area contributed by atoms with Crippen LogP contribution in [0, 0.1) is 16.0 Å². The highest BCUT2D eigenvalue weighted by atomic mass is 16.6. The Morgan fingerprint density at radius 3 is 2.39 bits per heavy atom. The molecule has 8 heteroatoms. The third-order valence-corrected chi connectivity index (χ3v) is 5.36. The molecule has 0 spiro atoms. The predicted molar refractivity (Wildman–Crippen MR) is 116 cm³/mol. The average molecular weight is 428 g/mol. The molecule has 0 unspecified atom stereocenters. The summed E-state index contributed by atoms with van der Waals surface area (Å²) in [5, 5.41) is 10.9. The summed E-state index contributed by atoms with van der Waals surface area (Å²) in [4.78, 5) is 25.3. The van der Waals surface area contributed by atoms with Gasteiger partial charge in [-0.25, -0.2) is 0 Å². The van der Waals surface area contributed by atoms with Crippen molar-refractivity contribution < 1.29 is 23.9 Å². The number of nitrogens with zero attached hydrogens (tertiary/aromatic N) is 2. The van der Waals surface area contributed by atoms with Gasteiger partial charge in [-0.3, -0.25) is 14.9 Å². The molecule has 0 N–H and O–H groups in total. The molecule has 1 amide bonds. The van der Waals surface area contributed by atoms with Gasteiger partial charge in [0.1, 0.15) is 12.4 Å². The molecular weight excluding hydrogens is 400 g/mol. The maximum Gasteiger partial charge on any atom is 0.269 e. The third kappa shape index (κ3) is 5.07. The smallest absolute Gasteiger partial charge is 0.269 e. The molecule has 0 aromatic heterocycles. The Kier molecular flexibility index (Phi) is 6.99. The van der Waals surface area contributed by atoms with Crippen molar-refractivity contribution >= 4 is 11.6 Å². The van der Waals surface area contributed by atoms with Crippen LogP contribution in [-0.4, -0.2) is 43.1 Å². The van der Waals surface area contributed by atoms with Gasteiger partial charge in [-0.2, -0.15) is 0 Å². The molecular formula is C23H28N2O6. The fourth-order valence-corrected chi connectivity index (χ4v) is 3.81. The number of fused-ring (bicyclic) bond motifs is 1. The average Bonchev–Trinajstić information content (AvgIpc) is 2.75. The summed E-state index contributed by atoms with van der Waals surface area (Å²) in [7, 11) is 3.18. The van der Waals surface area contributed by atoms with Crippen LogP contribution in [-0.2, 0) is 11.2 Å². The number of rotatable bonds is 8. The monoisotopic (exact) mass is 428 g/mol. The van der Waals surface area contributed by atoms with Crippen molar-refractivity contribution in [3.63, 3.8) is 0 Å². The van der Waals surface area contributed by atoms with E-state index in [-0.39, 0.29) is 30.2 Å². The molecule has 1 aliphatic rings. The topological polar surface area (TPSA) is 91.1 Å². The number of methoxy groups -OCH3 is 2. The molecule has 0 aliphatic carbocycles. The normalized spacial score (nSPS) is 15.4. The van der Waals surface area contributed by atoms with Gasteiger partial charge in [-0.05, 0) is 47.7 Å². The van der Waals surface area contributed by atoms with Crippen LogP contribution in [0.25, 0.3) is 0 Å². The van der Waals surface area contributed by atoms with Crippen molar-refractivity contribution in [1.82, 2.24) is 4.90 Å². The van der Waals surface area contributed by atoms with Crippen molar-refractivity contribution in [2.24, 2.45) is 5.92 Å². The standard InChI is InChI=1S/C23H28N2O6/c1-15(2)11-23(26)24-10-9-16-12-21(29-3)22(30-4)13-19(16)20(24)14-31-18-7-5-17(6-8-18)25(27)28/h5-8,12-13,15,20H,9-11,14H2,1-4H3/t20-/m0/s1. The van der Waals surface area contributed by atoms with Crippen LogP contribution in [0.3, 0.4) is 0 Å². The number of carbonyl (C=O) groups is 1. The lowest BCUT2D eigenvalue weighted by Gasteiger charge is -2.38. The maximum absolute atomic E-state index is 13.0. The van der Waals surface area contributed by atoms with E-state index in [0.29, 0.717) is 36.6 Å². The summed E-state index contributed by atoms with van der Waals surface area (Å²) in [6, 6.07) is 9.50. The van der Waals surface area contributed by atoms with Crippen LogP contribution in [0.15, 0.2) is 36.4 Å². The van der Waals surface area contributed by atoms with Gasteiger partial charge in [-0.15, -0.1) is 0 Å². The lowest BCUT2D eigenvalue weighted by Crippen LogP contribution is -2.43. The van der Waals surface area contributed by atoms with Crippen LogP contribution in [0.5, 0.6) is 17.2 Å². The van der Waals surface area contributed by atoms with Crippen molar-refractivity contribution in [2.75, 3.05) is 27.4 Å². The van der Waals surface area contributed by atoms with E-state index < -0.39 is 4.92 Å². The van der Waals surface area contributed by atoms with Gasteiger partial charge >= 0.3 is 0 Å². The molecule has 0 saturated heterocycles. The highest BCUT2D eigenvalue weighted by Crippen LogP contribution is 2.39. The molecule has 1 heterocycles. The lowest BCUT2D eigenvalue weighted by atomic mass is 9.91. The Hall–Kier alpha value is -3.29. The Morgan fingerprint density at radius 1 is 1.16 bits per heavy atom. The van der Waals surface area contributed by atoms with Crippen molar-refractivity contribution in [3.8, 4) is 17.2 Å². The van der Waals surface area contributed by atoms with E-state index in [1.807, 2.05) is 30.9 Å². The molecule has 1 atom stereocenters. The van der Waals surface area contributed by atoms with Gasteiger partial charge in [0.25, 0.3) is 5.69 Å². The summed E-state index contributed by atoms with van der Waals surface area (Å²) in [6.45, 7) is 4.85. The number of hydrogen-bond donors (Lipinski definition) is 0. The Labute approximate surface area is 181 Å². The number of non-ortho nitro benzene ring substituents is 1. The van der Waals surface area contributed by atoms with E-state index in [9.17, 15) is 14.9 Å². The number of carbonyl (C=O) groups excluding carboxylic acids is 1. The number of nitro groups is 1. The molecule has 166 valence electrons. The van der Waals surface area contributed by atoms with Crippen LogP contribution in [0.2, 0.25) is 0 Å². The minimum absolute atomic E-state index is 0.000862. The van der Waals surface area contributed by atoms with Crippen molar-refractivity contribution in [2.45, 2.75) is 32.7 Å². The maximum atomic E-state index is 13.0. The Bertz CT molecular complexity index is 942. The number of nitro benzene ring substituents is 1. The zero-order chi connectivity index (χ0) is 22.5. The van der Waals surface area contributed by atoms with E-state index in [1.54, 1.807) is 26.4 Å². The zero-order valence-electron chi connectivity index (χ0n) is 18.3. The molecule has 0 fully saturated rings. The van der Waals surface area contributed by atoms with Gasteiger partial charge in [-0.1, -0.05) is 13.8 Å². The van der Waals surface area contributed by atoms with Crippen molar-refractivity contribution in [3.05, 3.63) is 57.6 Å². The molecule has 2 aromatic carbocycles. The number of benzene rings is 2. The number of hydrogen-bond acceptors (Lipinski definition) is 6. The first kappa shape index (κ1) is 22.4.